The number of hydrogen-bond donors (Lipinski definition) is 4. The van der Waals surface area contributed by atoms with Gasteiger partial charge in [0.25, 0.3) is 0 Å². The predicted molar refractivity (Wildman–Crippen MR) is 73.4 cm³/mol. The van der Waals surface area contributed by atoms with Crippen LogP contribution in [0.1, 0.15) is 5.56 Å². The molecule has 0 radical (unpaired) electrons. The Labute approximate surface area is 100 Å². The minimum absolute atomic E-state index is 0.665. The number of benzene rings is 2. The normalized spacial score (nSPS) is 10.1. The molecule has 0 bridgehead atoms. The van der Waals surface area contributed by atoms with Crippen molar-refractivity contribution in [2.24, 2.45) is 0 Å². The van der Waals surface area contributed by atoms with Crippen molar-refractivity contribution < 1.29 is 0 Å². The van der Waals surface area contributed by atoms with Gasteiger partial charge in [0, 0.05) is 29.3 Å². The monoisotopic (exact) mass is 228 g/mol. The molecule has 2 aromatic carbocycles. The molecule has 17 heavy (non-hydrogen) atoms. The second-order valence-corrected chi connectivity index (χ2v) is 3.99. The van der Waals surface area contributed by atoms with Gasteiger partial charge >= 0.3 is 0 Å². The minimum Gasteiger partial charge on any atom is -0.399 e. The van der Waals surface area contributed by atoms with Gasteiger partial charge in [0.05, 0.1) is 0 Å². The maximum absolute atomic E-state index is 5.72. The maximum Gasteiger partial charge on any atom is 0.0402 e. The molecule has 4 heteroatoms. The van der Waals surface area contributed by atoms with E-state index in [9.17, 15) is 0 Å². The van der Waals surface area contributed by atoms with E-state index >= 15 is 0 Å². The molecule has 0 aliphatic heterocycles. The van der Waals surface area contributed by atoms with Gasteiger partial charge in [-0.25, -0.2) is 0 Å². The standard InChI is InChI=1S/C13H16N4/c14-10-2-1-3-13(7-10)17-8-9-4-11(15)6-12(16)5-9/h1-7,17H,8,14-16H2. The number of nitrogens with one attached hydrogen (secondary N) is 1. The third kappa shape index (κ3) is 3.04. The number of hydrogen-bond acceptors (Lipinski definition) is 4. The second kappa shape index (κ2) is 4.65. The first-order chi connectivity index (χ1) is 8.13. The van der Waals surface area contributed by atoms with Crippen LogP contribution < -0.4 is 22.5 Å². The van der Waals surface area contributed by atoms with Crippen molar-refractivity contribution in [3.05, 3.63) is 48.0 Å². The molecule has 0 saturated heterocycles. The van der Waals surface area contributed by atoms with Gasteiger partial charge in [0.15, 0.2) is 0 Å². The molecule has 0 aliphatic rings. The van der Waals surface area contributed by atoms with Crippen LogP contribution in [0.4, 0.5) is 22.7 Å². The minimum atomic E-state index is 0.665. The molecule has 0 unspecified atom stereocenters. The van der Waals surface area contributed by atoms with Crippen molar-refractivity contribution in [1.29, 1.82) is 0 Å². The van der Waals surface area contributed by atoms with Crippen LogP contribution in [0.5, 0.6) is 0 Å². The summed E-state index contributed by atoms with van der Waals surface area (Å²) in [7, 11) is 0. The van der Waals surface area contributed by atoms with E-state index in [0.717, 1.165) is 16.9 Å². The summed E-state index contributed by atoms with van der Waals surface area (Å²) < 4.78 is 0. The zero-order chi connectivity index (χ0) is 12.3. The average Bonchev–Trinajstić information content (AvgIpc) is 2.25. The molecule has 0 spiro atoms. The second-order valence-electron chi connectivity index (χ2n) is 3.99. The summed E-state index contributed by atoms with van der Waals surface area (Å²) in [6, 6.07) is 13.1. The topological polar surface area (TPSA) is 90.1 Å². The molecule has 0 amide bonds. The van der Waals surface area contributed by atoms with Crippen LogP contribution in [0.3, 0.4) is 0 Å². The van der Waals surface area contributed by atoms with Gasteiger partial charge in [-0.2, -0.15) is 0 Å². The fourth-order valence-electron chi connectivity index (χ4n) is 1.70. The molecule has 4 nitrogen and oxygen atoms in total. The Morgan fingerprint density at radius 2 is 1.53 bits per heavy atom. The largest absolute Gasteiger partial charge is 0.399 e. The molecule has 0 atom stereocenters. The first-order valence-electron chi connectivity index (χ1n) is 5.38. The van der Waals surface area contributed by atoms with E-state index in [1.165, 1.54) is 0 Å². The van der Waals surface area contributed by atoms with E-state index in [1.807, 2.05) is 36.4 Å². The molecule has 2 aromatic rings. The van der Waals surface area contributed by atoms with E-state index in [2.05, 4.69) is 5.32 Å². The molecule has 0 aliphatic carbocycles. The van der Waals surface area contributed by atoms with Gasteiger partial charge in [0.1, 0.15) is 0 Å². The van der Waals surface area contributed by atoms with E-state index in [4.69, 9.17) is 17.2 Å². The van der Waals surface area contributed by atoms with Crippen molar-refractivity contribution in [1.82, 2.24) is 0 Å². The van der Waals surface area contributed by atoms with Crippen molar-refractivity contribution in [2.75, 3.05) is 22.5 Å². The van der Waals surface area contributed by atoms with Crippen molar-refractivity contribution in [3.63, 3.8) is 0 Å². The summed E-state index contributed by atoms with van der Waals surface area (Å²) in [5, 5.41) is 3.27. The quantitative estimate of drug-likeness (QED) is 0.605. The fraction of sp³-hybridized carbons (Fsp3) is 0.0769. The Balaban J connectivity index is 2.07. The number of nitrogens with two attached hydrogens (primary N) is 3. The molecule has 2 rings (SSSR count). The Kier molecular flexibility index (Phi) is 3.05. The first-order valence-corrected chi connectivity index (χ1v) is 5.38. The van der Waals surface area contributed by atoms with Gasteiger partial charge in [-0.15, -0.1) is 0 Å². The SMILES string of the molecule is Nc1cc(N)cc(CNc2cccc(N)c2)c1. The van der Waals surface area contributed by atoms with Crippen LogP contribution in [0.25, 0.3) is 0 Å². The van der Waals surface area contributed by atoms with Gasteiger partial charge < -0.3 is 22.5 Å². The first kappa shape index (κ1) is 11.1. The van der Waals surface area contributed by atoms with Crippen LogP contribution in [0, 0.1) is 0 Å². The maximum atomic E-state index is 5.72. The molecule has 88 valence electrons. The van der Waals surface area contributed by atoms with Gasteiger partial charge in [-0.1, -0.05) is 6.07 Å². The lowest BCUT2D eigenvalue weighted by molar-refractivity contribution is 1.15. The summed E-state index contributed by atoms with van der Waals surface area (Å²) in [4.78, 5) is 0. The Morgan fingerprint density at radius 3 is 2.18 bits per heavy atom. The van der Waals surface area contributed by atoms with Gasteiger partial charge in [0.2, 0.25) is 0 Å². The van der Waals surface area contributed by atoms with Crippen LogP contribution in [0.15, 0.2) is 42.5 Å². The molecule has 7 N–H and O–H groups in total. The molecule has 0 saturated carbocycles. The van der Waals surface area contributed by atoms with Crippen molar-refractivity contribution >= 4 is 22.7 Å². The van der Waals surface area contributed by atoms with Crippen LogP contribution in [-0.2, 0) is 6.54 Å². The Hall–Kier alpha value is -2.36. The third-order valence-electron chi connectivity index (χ3n) is 2.42. The van der Waals surface area contributed by atoms with Crippen LogP contribution in [0.2, 0.25) is 0 Å². The predicted octanol–water partition coefficient (Wildman–Crippen LogP) is 2.05. The molecule has 0 heterocycles. The molecular weight excluding hydrogens is 212 g/mol. The lowest BCUT2D eigenvalue weighted by Gasteiger charge is -2.08. The van der Waals surface area contributed by atoms with E-state index in [0.29, 0.717) is 17.9 Å². The van der Waals surface area contributed by atoms with Crippen molar-refractivity contribution in [2.45, 2.75) is 6.54 Å². The smallest absolute Gasteiger partial charge is 0.0402 e. The molecule has 0 fully saturated rings. The van der Waals surface area contributed by atoms with E-state index in [1.54, 1.807) is 6.07 Å². The summed E-state index contributed by atoms with van der Waals surface area (Å²) in [5.41, 5.74) is 21.3. The third-order valence-corrected chi connectivity index (χ3v) is 2.42. The number of anilines is 4. The van der Waals surface area contributed by atoms with Crippen molar-refractivity contribution in [3.8, 4) is 0 Å². The highest BCUT2D eigenvalue weighted by Gasteiger charge is 1.97. The highest BCUT2D eigenvalue weighted by Crippen LogP contribution is 2.16. The van der Waals surface area contributed by atoms with E-state index in [-0.39, 0.29) is 0 Å². The van der Waals surface area contributed by atoms with Gasteiger partial charge in [-0.3, -0.25) is 0 Å². The summed E-state index contributed by atoms with van der Waals surface area (Å²) in [5.74, 6) is 0. The van der Waals surface area contributed by atoms with Crippen LogP contribution in [-0.4, -0.2) is 0 Å². The lowest BCUT2D eigenvalue weighted by atomic mass is 10.1. The Morgan fingerprint density at radius 1 is 0.824 bits per heavy atom. The summed E-state index contributed by atoms with van der Waals surface area (Å²) >= 11 is 0. The van der Waals surface area contributed by atoms with E-state index < -0.39 is 0 Å². The number of nitrogen functional groups attached to an aromatic ring is 3. The highest BCUT2D eigenvalue weighted by atomic mass is 14.9. The molecule has 0 aromatic heterocycles. The fourth-order valence-corrected chi connectivity index (χ4v) is 1.70. The average molecular weight is 228 g/mol. The van der Waals surface area contributed by atoms with Crippen LogP contribution >= 0.6 is 0 Å². The van der Waals surface area contributed by atoms with Gasteiger partial charge in [-0.05, 0) is 42.0 Å². The molecular formula is C13H16N4. The number of rotatable bonds is 3. The zero-order valence-corrected chi connectivity index (χ0v) is 9.48. The Bertz CT molecular complexity index is 502. The highest BCUT2D eigenvalue weighted by molar-refractivity contribution is 5.57. The summed E-state index contributed by atoms with van der Waals surface area (Å²) in [6.45, 7) is 0.665. The lowest BCUT2D eigenvalue weighted by Crippen LogP contribution is -2.02. The summed E-state index contributed by atoms with van der Waals surface area (Å²) in [6.07, 6.45) is 0. The zero-order valence-electron chi connectivity index (χ0n) is 9.48.